The Bertz CT molecular complexity index is 1230. The summed E-state index contributed by atoms with van der Waals surface area (Å²) in [4.78, 5) is 36.8. The Hall–Kier alpha value is -2.67. The van der Waals surface area contributed by atoms with E-state index in [-0.39, 0.29) is 22.7 Å². The molecule has 2 aromatic rings. The first-order valence-electron chi connectivity index (χ1n) is 9.92. The summed E-state index contributed by atoms with van der Waals surface area (Å²) in [5, 5.41) is 6.21. The second-order valence-electron chi connectivity index (χ2n) is 7.63. The average molecular weight is 575 g/mol. The van der Waals surface area contributed by atoms with Crippen molar-refractivity contribution in [3.8, 4) is 0 Å². The van der Waals surface area contributed by atoms with Crippen molar-refractivity contribution in [2.24, 2.45) is 5.92 Å². The van der Waals surface area contributed by atoms with Gasteiger partial charge in [-0.25, -0.2) is 8.78 Å². The number of amides is 3. The van der Waals surface area contributed by atoms with Gasteiger partial charge in [-0.2, -0.15) is 0 Å². The third-order valence-electron chi connectivity index (χ3n) is 4.89. The van der Waals surface area contributed by atoms with E-state index in [4.69, 9.17) is 34.8 Å². The molecule has 0 bridgehead atoms. The van der Waals surface area contributed by atoms with Crippen molar-refractivity contribution in [2.75, 3.05) is 16.0 Å². The summed E-state index contributed by atoms with van der Waals surface area (Å²) in [5.41, 5.74) is -1.80. The second kappa shape index (κ2) is 10.4. The van der Waals surface area contributed by atoms with Gasteiger partial charge in [0.1, 0.15) is 21.9 Å². The van der Waals surface area contributed by atoms with Crippen LogP contribution in [-0.2, 0) is 14.3 Å². The van der Waals surface area contributed by atoms with Crippen LogP contribution >= 0.6 is 34.8 Å². The van der Waals surface area contributed by atoms with Gasteiger partial charge < -0.3 is 16.0 Å². The van der Waals surface area contributed by atoms with Crippen molar-refractivity contribution >= 4 is 69.6 Å². The van der Waals surface area contributed by atoms with Gasteiger partial charge in [0.05, 0.1) is 22.2 Å². The highest BCUT2D eigenvalue weighted by molar-refractivity contribution is 6.52. The molecule has 2 atom stereocenters. The molecule has 1 fully saturated rings. The van der Waals surface area contributed by atoms with Gasteiger partial charge >= 0.3 is 6.36 Å². The highest BCUT2D eigenvalue weighted by Crippen LogP contribution is 2.53. The summed E-state index contributed by atoms with van der Waals surface area (Å²) in [7, 11) is 0. The van der Waals surface area contributed by atoms with E-state index in [2.05, 4.69) is 15.4 Å². The number of alkyl halides is 5. The minimum atomic E-state index is -5.16. The van der Waals surface area contributed by atoms with Crippen molar-refractivity contribution in [3.05, 3.63) is 52.6 Å². The van der Waals surface area contributed by atoms with Crippen molar-refractivity contribution in [3.63, 3.8) is 0 Å². The monoisotopic (exact) mass is 573 g/mol. The van der Waals surface area contributed by atoms with E-state index in [1.807, 2.05) is 0 Å². The zero-order valence-corrected chi connectivity index (χ0v) is 20.2. The van der Waals surface area contributed by atoms with Crippen LogP contribution in [0.1, 0.15) is 23.7 Å². The largest absolute Gasteiger partial charge is 0.523 e. The molecule has 0 radical (unpaired) electrons. The van der Waals surface area contributed by atoms with Gasteiger partial charge in [0, 0.05) is 5.69 Å². The van der Waals surface area contributed by atoms with Gasteiger partial charge in [0.25, 0.3) is 11.8 Å². The first kappa shape index (κ1) is 27.9. The van der Waals surface area contributed by atoms with E-state index in [1.165, 1.54) is 18.2 Å². The normalized spacial score (nSPS) is 17.2. The third-order valence-corrected chi connectivity index (χ3v) is 6.05. The van der Waals surface area contributed by atoms with Crippen LogP contribution in [0.2, 0.25) is 5.02 Å². The molecule has 3 amide bonds. The van der Waals surface area contributed by atoms with Gasteiger partial charge in [-0.05, 0) is 43.7 Å². The lowest BCUT2D eigenvalue weighted by atomic mass is 10.1. The first-order valence-corrected chi connectivity index (χ1v) is 11.1. The van der Waals surface area contributed by atoms with Gasteiger partial charge in [0.2, 0.25) is 5.91 Å². The molecule has 0 aliphatic heterocycles. The lowest BCUT2D eigenvalue weighted by Crippen LogP contribution is -2.33. The van der Waals surface area contributed by atoms with Gasteiger partial charge in [-0.3, -0.25) is 19.1 Å². The number of nitrogens with one attached hydrogen (secondary N) is 3. The number of hydrogen-bond donors (Lipinski definition) is 3. The predicted molar refractivity (Wildman–Crippen MR) is 122 cm³/mol. The Morgan fingerprint density at radius 1 is 1.08 bits per heavy atom. The summed E-state index contributed by atoms with van der Waals surface area (Å²) in [5.74, 6) is -6.43. The van der Waals surface area contributed by atoms with Crippen molar-refractivity contribution < 1.29 is 41.1 Å². The zero-order valence-electron chi connectivity index (χ0n) is 17.9. The molecule has 3 rings (SSSR count). The number of hydrogen-bond acceptors (Lipinski definition) is 4. The molecular formula is C21H15Cl3F5N3O4. The number of carbonyl (C=O) groups excluding carboxylic acids is 3. The van der Waals surface area contributed by atoms with E-state index in [0.29, 0.717) is 6.07 Å². The molecule has 1 aliphatic carbocycles. The summed E-state index contributed by atoms with van der Waals surface area (Å²) in [6.45, 7) is 0.724. The molecule has 0 aromatic heterocycles. The van der Waals surface area contributed by atoms with E-state index in [1.54, 1.807) is 5.32 Å². The molecule has 0 saturated heterocycles. The molecule has 2 unspecified atom stereocenters. The zero-order chi connectivity index (χ0) is 27.0. The summed E-state index contributed by atoms with van der Waals surface area (Å²) in [6.07, 6.45) is -7.04. The SMILES string of the molecule is CC(OC(F)(F)F)C(=O)Nc1c(F)ccc(NC(=O)c2cc(NC(=O)C3CC3(Cl)Cl)ccc2Cl)c1F. The highest BCUT2D eigenvalue weighted by Gasteiger charge is 2.56. The van der Waals surface area contributed by atoms with Crippen LogP contribution in [0, 0.1) is 17.6 Å². The smallest absolute Gasteiger partial charge is 0.326 e. The predicted octanol–water partition coefficient (Wildman–Crippen LogP) is 5.87. The Morgan fingerprint density at radius 2 is 1.72 bits per heavy atom. The van der Waals surface area contributed by atoms with E-state index in [0.717, 1.165) is 13.0 Å². The molecule has 0 spiro atoms. The quantitative estimate of drug-likeness (QED) is 0.285. The molecule has 1 saturated carbocycles. The van der Waals surface area contributed by atoms with Crippen LogP contribution in [-0.4, -0.2) is 34.5 Å². The molecule has 1 aliphatic rings. The third kappa shape index (κ3) is 6.75. The maximum Gasteiger partial charge on any atom is 0.523 e. The number of halogens is 8. The minimum absolute atomic E-state index is 0.0878. The molecule has 7 nitrogen and oxygen atoms in total. The van der Waals surface area contributed by atoms with E-state index >= 15 is 0 Å². The van der Waals surface area contributed by atoms with Crippen LogP contribution in [0.3, 0.4) is 0 Å². The summed E-state index contributed by atoms with van der Waals surface area (Å²) >= 11 is 17.7. The molecule has 36 heavy (non-hydrogen) atoms. The molecule has 15 heteroatoms. The van der Waals surface area contributed by atoms with Crippen molar-refractivity contribution in [1.82, 2.24) is 0 Å². The number of benzene rings is 2. The lowest BCUT2D eigenvalue weighted by molar-refractivity contribution is -0.335. The van der Waals surface area contributed by atoms with E-state index in [9.17, 15) is 36.3 Å². The first-order chi connectivity index (χ1) is 16.6. The average Bonchev–Trinajstić information content (AvgIpc) is 3.41. The molecule has 194 valence electrons. The number of carbonyl (C=O) groups is 3. The molecule has 0 heterocycles. The summed E-state index contributed by atoms with van der Waals surface area (Å²) < 4.78 is 68.2. The van der Waals surface area contributed by atoms with Gasteiger partial charge in [-0.15, -0.1) is 36.4 Å². The fraction of sp³-hybridized carbons (Fsp3) is 0.286. The Kier molecular flexibility index (Phi) is 8.04. The van der Waals surface area contributed by atoms with Gasteiger partial charge in [-0.1, -0.05) is 11.6 Å². The van der Waals surface area contributed by atoms with Crippen LogP contribution in [0.15, 0.2) is 30.3 Å². The topological polar surface area (TPSA) is 96.5 Å². The number of ether oxygens (including phenoxy) is 1. The summed E-state index contributed by atoms with van der Waals surface area (Å²) in [6, 6.07) is 5.34. The van der Waals surface area contributed by atoms with Crippen LogP contribution in [0.25, 0.3) is 0 Å². The molecular weight excluding hydrogens is 560 g/mol. The van der Waals surface area contributed by atoms with Crippen LogP contribution in [0.5, 0.6) is 0 Å². The molecule has 3 N–H and O–H groups in total. The van der Waals surface area contributed by atoms with Crippen molar-refractivity contribution in [2.45, 2.75) is 30.1 Å². The lowest BCUT2D eigenvalue weighted by Gasteiger charge is -2.17. The maximum absolute atomic E-state index is 14.8. The maximum atomic E-state index is 14.8. The Balaban J connectivity index is 1.77. The molecule has 2 aromatic carbocycles. The van der Waals surface area contributed by atoms with Crippen molar-refractivity contribution in [1.29, 1.82) is 0 Å². The second-order valence-corrected chi connectivity index (χ2v) is 9.58. The van der Waals surface area contributed by atoms with E-state index < -0.39 is 63.4 Å². The number of anilines is 3. The number of rotatable bonds is 7. The van der Waals surface area contributed by atoms with Gasteiger partial charge in [0.15, 0.2) is 5.82 Å². The fourth-order valence-electron chi connectivity index (χ4n) is 2.94. The standard InChI is InChI=1S/C21H15Cl3F5N3O4/c1-8(36-21(27,28)29)17(33)32-16-13(25)4-5-14(15(16)26)31-18(34)10-6-9(2-3-12(10)22)30-19(35)11-7-20(11,23)24/h2-6,8,11H,7H2,1H3,(H,30,35)(H,31,34)(H,32,33). The Labute approximate surface area is 215 Å². The van der Waals surface area contributed by atoms with Crippen LogP contribution < -0.4 is 16.0 Å². The Morgan fingerprint density at radius 3 is 2.31 bits per heavy atom. The van der Waals surface area contributed by atoms with Crippen LogP contribution in [0.4, 0.5) is 39.0 Å². The minimum Gasteiger partial charge on any atom is -0.326 e. The fourth-order valence-corrected chi connectivity index (χ4v) is 3.65. The highest BCUT2D eigenvalue weighted by atomic mass is 35.5.